The van der Waals surface area contributed by atoms with Gasteiger partial charge in [0.15, 0.2) is 0 Å². The third-order valence-electron chi connectivity index (χ3n) is 2.89. The highest BCUT2D eigenvalue weighted by Gasteiger charge is 2.11. The van der Waals surface area contributed by atoms with Gasteiger partial charge in [0.1, 0.15) is 0 Å². The summed E-state index contributed by atoms with van der Waals surface area (Å²) in [5, 5.41) is 7.38. The van der Waals surface area contributed by atoms with Crippen molar-refractivity contribution in [3.8, 4) is 11.8 Å². The van der Waals surface area contributed by atoms with E-state index < -0.39 is 0 Å². The second-order valence-corrected chi connectivity index (χ2v) is 4.50. The molecule has 0 aliphatic carbocycles. The summed E-state index contributed by atoms with van der Waals surface area (Å²) in [4.78, 5) is 13.8. The van der Waals surface area contributed by atoms with E-state index in [1.54, 1.807) is 18.0 Å². The summed E-state index contributed by atoms with van der Waals surface area (Å²) in [7, 11) is 1.75. The number of nitrogens with two attached hydrogens (primary N) is 1. The van der Waals surface area contributed by atoms with E-state index in [9.17, 15) is 4.79 Å². The second-order valence-electron chi connectivity index (χ2n) is 4.50. The van der Waals surface area contributed by atoms with Gasteiger partial charge in [0.25, 0.3) is 5.91 Å². The van der Waals surface area contributed by atoms with Crippen molar-refractivity contribution >= 4 is 5.91 Å². The molecular formula is C16H16N4O. The molecular weight excluding hydrogens is 264 g/mol. The number of nitrogens with zero attached hydrogens (tertiary/aromatic N) is 3. The molecule has 0 aliphatic rings. The van der Waals surface area contributed by atoms with Gasteiger partial charge in [-0.2, -0.15) is 10.2 Å². The van der Waals surface area contributed by atoms with Gasteiger partial charge >= 0.3 is 0 Å². The molecule has 0 bridgehead atoms. The average Bonchev–Trinajstić information content (AvgIpc) is 2.54. The summed E-state index contributed by atoms with van der Waals surface area (Å²) in [5.41, 5.74) is 7.81. The molecule has 2 aromatic rings. The number of carbonyl (C=O) groups excluding carboxylic acids is 1. The maximum absolute atomic E-state index is 12.2. The van der Waals surface area contributed by atoms with E-state index in [0.29, 0.717) is 18.7 Å². The monoisotopic (exact) mass is 280 g/mol. The number of hydrogen-bond acceptors (Lipinski definition) is 4. The number of rotatable bonds is 3. The van der Waals surface area contributed by atoms with E-state index in [1.165, 1.54) is 12.4 Å². The molecule has 2 rings (SSSR count). The molecule has 1 aromatic carbocycles. The van der Waals surface area contributed by atoms with Crippen LogP contribution in [0.4, 0.5) is 0 Å². The van der Waals surface area contributed by atoms with Gasteiger partial charge in [0, 0.05) is 19.2 Å². The summed E-state index contributed by atoms with van der Waals surface area (Å²) in [5.74, 6) is 5.68. The molecule has 0 radical (unpaired) electrons. The van der Waals surface area contributed by atoms with Gasteiger partial charge in [-0.1, -0.05) is 24.0 Å². The van der Waals surface area contributed by atoms with E-state index >= 15 is 0 Å². The van der Waals surface area contributed by atoms with Crippen LogP contribution in [0.15, 0.2) is 42.7 Å². The Balaban J connectivity index is 2.02. The van der Waals surface area contributed by atoms with Gasteiger partial charge in [-0.05, 0) is 23.8 Å². The minimum atomic E-state index is -0.0862. The lowest BCUT2D eigenvalue weighted by Crippen LogP contribution is -2.26. The molecule has 0 atom stereocenters. The van der Waals surface area contributed by atoms with E-state index in [4.69, 9.17) is 5.73 Å². The molecule has 0 saturated heterocycles. The summed E-state index contributed by atoms with van der Waals surface area (Å²) in [6.45, 7) is 0.866. The third-order valence-corrected chi connectivity index (χ3v) is 2.89. The van der Waals surface area contributed by atoms with Crippen molar-refractivity contribution in [2.24, 2.45) is 5.73 Å². The quantitative estimate of drug-likeness (QED) is 0.853. The van der Waals surface area contributed by atoms with E-state index in [1.807, 2.05) is 24.3 Å². The number of hydrogen-bond donors (Lipinski definition) is 1. The summed E-state index contributed by atoms with van der Waals surface area (Å²) >= 11 is 0. The van der Waals surface area contributed by atoms with Crippen LogP contribution in [-0.4, -0.2) is 34.6 Å². The number of carbonyl (C=O) groups is 1. The normalized spacial score (nSPS) is 9.62. The number of aromatic nitrogens is 2. The molecule has 106 valence electrons. The highest BCUT2D eigenvalue weighted by atomic mass is 16.2. The molecule has 1 amide bonds. The summed E-state index contributed by atoms with van der Waals surface area (Å²) in [6, 6.07) is 9.40. The fourth-order valence-corrected chi connectivity index (χ4v) is 1.83. The lowest BCUT2D eigenvalue weighted by atomic mass is 10.1. The minimum absolute atomic E-state index is 0.0862. The van der Waals surface area contributed by atoms with Crippen LogP contribution in [0.1, 0.15) is 21.5 Å². The van der Waals surface area contributed by atoms with Crippen LogP contribution in [-0.2, 0) is 6.54 Å². The Hall–Kier alpha value is -2.71. The number of amides is 1. The van der Waals surface area contributed by atoms with Crippen molar-refractivity contribution in [1.29, 1.82) is 0 Å². The Kier molecular flexibility index (Phi) is 5.02. The largest absolute Gasteiger partial charge is 0.337 e. The van der Waals surface area contributed by atoms with Crippen molar-refractivity contribution in [3.63, 3.8) is 0 Å². The molecule has 0 aliphatic heterocycles. The molecule has 2 N–H and O–H groups in total. The minimum Gasteiger partial charge on any atom is -0.337 e. The molecule has 0 spiro atoms. The van der Waals surface area contributed by atoms with Crippen molar-refractivity contribution in [3.05, 3.63) is 59.4 Å². The van der Waals surface area contributed by atoms with Gasteiger partial charge < -0.3 is 10.6 Å². The smallest absolute Gasteiger partial charge is 0.255 e. The van der Waals surface area contributed by atoms with Gasteiger partial charge in [-0.15, -0.1) is 0 Å². The van der Waals surface area contributed by atoms with E-state index in [0.717, 1.165) is 11.1 Å². The Labute approximate surface area is 123 Å². The molecule has 0 unspecified atom stereocenters. The van der Waals surface area contributed by atoms with Crippen LogP contribution in [0.3, 0.4) is 0 Å². The average molecular weight is 280 g/mol. The van der Waals surface area contributed by atoms with Crippen LogP contribution < -0.4 is 5.73 Å². The standard InChI is InChI=1S/C16H16N4O/c1-20(16(21)15-8-10-18-19-11-15)12-14-6-4-13(5-7-14)3-2-9-17/h4-8,10-11H,9,12,17H2,1H3. The zero-order chi connectivity index (χ0) is 15.1. The molecule has 21 heavy (non-hydrogen) atoms. The lowest BCUT2D eigenvalue weighted by Gasteiger charge is -2.17. The predicted molar refractivity (Wildman–Crippen MR) is 80.2 cm³/mol. The zero-order valence-corrected chi connectivity index (χ0v) is 11.8. The first-order valence-electron chi connectivity index (χ1n) is 6.50. The fourth-order valence-electron chi connectivity index (χ4n) is 1.83. The Bertz CT molecular complexity index is 656. The first-order chi connectivity index (χ1) is 10.2. The van der Waals surface area contributed by atoms with Gasteiger partial charge in [0.05, 0.1) is 24.5 Å². The molecule has 0 fully saturated rings. The van der Waals surface area contributed by atoms with Crippen molar-refractivity contribution in [1.82, 2.24) is 15.1 Å². The highest BCUT2D eigenvalue weighted by Crippen LogP contribution is 2.08. The first-order valence-corrected chi connectivity index (χ1v) is 6.50. The molecule has 5 nitrogen and oxygen atoms in total. The van der Waals surface area contributed by atoms with E-state index in [-0.39, 0.29) is 5.91 Å². The molecule has 1 heterocycles. The van der Waals surface area contributed by atoms with Crippen LogP contribution in [0.2, 0.25) is 0 Å². The van der Waals surface area contributed by atoms with Crippen LogP contribution in [0, 0.1) is 11.8 Å². The maximum Gasteiger partial charge on any atom is 0.255 e. The third kappa shape index (κ3) is 4.13. The highest BCUT2D eigenvalue weighted by molar-refractivity contribution is 5.93. The Morgan fingerprint density at radius 3 is 2.62 bits per heavy atom. The Morgan fingerprint density at radius 1 is 1.24 bits per heavy atom. The Morgan fingerprint density at radius 2 is 2.00 bits per heavy atom. The maximum atomic E-state index is 12.2. The van der Waals surface area contributed by atoms with Crippen LogP contribution in [0.25, 0.3) is 0 Å². The van der Waals surface area contributed by atoms with Crippen LogP contribution in [0.5, 0.6) is 0 Å². The van der Waals surface area contributed by atoms with Crippen molar-refractivity contribution in [2.45, 2.75) is 6.54 Å². The topological polar surface area (TPSA) is 72.1 Å². The number of benzene rings is 1. The molecule has 5 heteroatoms. The predicted octanol–water partition coefficient (Wildman–Crippen LogP) is 1.06. The molecule has 0 saturated carbocycles. The fraction of sp³-hybridized carbons (Fsp3) is 0.188. The SMILES string of the molecule is CN(Cc1ccc(C#CCN)cc1)C(=O)c1ccnnc1. The summed E-state index contributed by atoms with van der Waals surface area (Å²) < 4.78 is 0. The summed E-state index contributed by atoms with van der Waals surface area (Å²) in [6.07, 6.45) is 2.97. The van der Waals surface area contributed by atoms with Gasteiger partial charge in [-0.3, -0.25) is 4.79 Å². The molecule has 1 aromatic heterocycles. The zero-order valence-electron chi connectivity index (χ0n) is 11.8. The van der Waals surface area contributed by atoms with Crippen LogP contribution >= 0.6 is 0 Å². The van der Waals surface area contributed by atoms with Crippen molar-refractivity contribution in [2.75, 3.05) is 13.6 Å². The lowest BCUT2D eigenvalue weighted by molar-refractivity contribution is 0.0784. The van der Waals surface area contributed by atoms with Gasteiger partial charge in [-0.25, -0.2) is 0 Å². The van der Waals surface area contributed by atoms with E-state index in [2.05, 4.69) is 22.0 Å². The first kappa shape index (κ1) is 14.7. The van der Waals surface area contributed by atoms with Crippen molar-refractivity contribution < 1.29 is 4.79 Å². The second kappa shape index (κ2) is 7.17. The van der Waals surface area contributed by atoms with Gasteiger partial charge in [0.2, 0.25) is 0 Å².